The second-order valence-electron chi connectivity index (χ2n) is 5.74. The molecule has 1 amide bonds. The number of benzene rings is 2. The van der Waals surface area contributed by atoms with Crippen LogP contribution in [0.25, 0.3) is 5.69 Å². The summed E-state index contributed by atoms with van der Waals surface area (Å²) in [7, 11) is 1.58. The Morgan fingerprint density at radius 2 is 1.92 bits per heavy atom. The Labute approximate surface area is 156 Å². The van der Waals surface area contributed by atoms with Crippen molar-refractivity contribution in [3.8, 4) is 11.4 Å². The number of anilines is 1. The maximum Gasteiger partial charge on any atom is 0.234 e. The van der Waals surface area contributed by atoms with Crippen LogP contribution in [0.5, 0.6) is 5.75 Å². The lowest BCUT2D eigenvalue weighted by molar-refractivity contribution is -0.113. The molecular formula is C19H20N4O2S. The first-order chi connectivity index (χ1) is 12.6. The van der Waals surface area contributed by atoms with Crippen LogP contribution in [0.4, 0.5) is 5.69 Å². The Balaban J connectivity index is 1.71. The van der Waals surface area contributed by atoms with Gasteiger partial charge in [0.15, 0.2) is 5.16 Å². The summed E-state index contributed by atoms with van der Waals surface area (Å²) in [5.74, 6) is 1.51. The summed E-state index contributed by atoms with van der Waals surface area (Å²) in [6, 6.07) is 15.5. The summed E-state index contributed by atoms with van der Waals surface area (Å²) in [4.78, 5) is 12.4. The highest BCUT2D eigenvalue weighted by molar-refractivity contribution is 7.99. The molecule has 134 valence electrons. The van der Waals surface area contributed by atoms with Crippen molar-refractivity contribution in [1.82, 2.24) is 14.8 Å². The Morgan fingerprint density at radius 3 is 2.65 bits per heavy atom. The highest BCUT2D eigenvalue weighted by Crippen LogP contribution is 2.26. The minimum absolute atomic E-state index is 0.126. The molecule has 0 aliphatic heterocycles. The number of amides is 1. The maximum absolute atomic E-state index is 12.4. The summed E-state index contributed by atoms with van der Waals surface area (Å²) < 4.78 is 7.23. The lowest BCUT2D eigenvalue weighted by Gasteiger charge is -2.11. The highest BCUT2D eigenvalue weighted by Gasteiger charge is 2.14. The summed E-state index contributed by atoms with van der Waals surface area (Å²) in [5.41, 5.74) is 2.69. The van der Waals surface area contributed by atoms with Crippen molar-refractivity contribution < 1.29 is 9.53 Å². The summed E-state index contributed by atoms with van der Waals surface area (Å²) in [5, 5.41) is 11.9. The Hall–Kier alpha value is -2.80. The van der Waals surface area contributed by atoms with Crippen molar-refractivity contribution in [1.29, 1.82) is 0 Å². The lowest BCUT2D eigenvalue weighted by Crippen LogP contribution is -2.15. The normalized spacial score (nSPS) is 10.6. The van der Waals surface area contributed by atoms with Gasteiger partial charge < -0.3 is 10.1 Å². The first kappa shape index (κ1) is 18.0. The number of para-hydroxylation sites is 1. The molecule has 0 radical (unpaired) electrons. The van der Waals surface area contributed by atoms with Gasteiger partial charge in [0.2, 0.25) is 5.91 Å². The van der Waals surface area contributed by atoms with Crippen LogP contribution >= 0.6 is 11.8 Å². The largest absolute Gasteiger partial charge is 0.495 e. The number of aryl methyl sites for hydroxylation is 2. The Kier molecular flexibility index (Phi) is 5.58. The van der Waals surface area contributed by atoms with Gasteiger partial charge in [-0.1, -0.05) is 36.0 Å². The van der Waals surface area contributed by atoms with E-state index in [9.17, 15) is 4.79 Å². The molecule has 7 heteroatoms. The molecule has 3 aromatic rings. The van der Waals surface area contributed by atoms with Crippen LogP contribution in [0.15, 0.2) is 53.7 Å². The van der Waals surface area contributed by atoms with E-state index in [1.165, 1.54) is 11.8 Å². The number of nitrogens with zero attached hydrogens (tertiary/aromatic N) is 3. The molecule has 1 heterocycles. The second-order valence-corrected chi connectivity index (χ2v) is 6.68. The fourth-order valence-corrected chi connectivity index (χ4v) is 3.34. The predicted octanol–water partition coefficient (Wildman–Crippen LogP) is 3.62. The highest BCUT2D eigenvalue weighted by atomic mass is 32.2. The molecule has 0 aliphatic rings. The van der Waals surface area contributed by atoms with E-state index in [1.54, 1.807) is 7.11 Å². The Morgan fingerprint density at radius 1 is 1.15 bits per heavy atom. The molecule has 6 nitrogen and oxygen atoms in total. The van der Waals surface area contributed by atoms with Crippen molar-refractivity contribution in [2.24, 2.45) is 0 Å². The van der Waals surface area contributed by atoms with Gasteiger partial charge in [-0.05, 0) is 43.7 Å². The van der Waals surface area contributed by atoms with E-state index in [1.807, 2.05) is 66.9 Å². The van der Waals surface area contributed by atoms with Crippen LogP contribution in [-0.4, -0.2) is 33.5 Å². The van der Waals surface area contributed by atoms with Crippen molar-refractivity contribution in [2.45, 2.75) is 19.0 Å². The molecule has 3 rings (SSSR count). The molecule has 0 fully saturated rings. The monoisotopic (exact) mass is 368 g/mol. The maximum atomic E-state index is 12.4. The third-order valence-corrected chi connectivity index (χ3v) is 4.70. The van der Waals surface area contributed by atoms with Crippen LogP contribution in [0.1, 0.15) is 11.4 Å². The number of methoxy groups -OCH3 is 1. The molecule has 2 aromatic carbocycles. The first-order valence-electron chi connectivity index (χ1n) is 8.13. The third kappa shape index (κ3) is 4.05. The summed E-state index contributed by atoms with van der Waals surface area (Å²) >= 11 is 1.34. The quantitative estimate of drug-likeness (QED) is 0.673. The predicted molar refractivity (Wildman–Crippen MR) is 103 cm³/mol. The zero-order valence-electron chi connectivity index (χ0n) is 14.9. The van der Waals surface area contributed by atoms with E-state index in [2.05, 4.69) is 15.5 Å². The van der Waals surface area contributed by atoms with Crippen molar-refractivity contribution in [2.75, 3.05) is 18.2 Å². The number of ether oxygens (including phenoxy) is 1. The number of aromatic nitrogens is 3. The molecule has 1 N–H and O–H groups in total. The van der Waals surface area contributed by atoms with Crippen molar-refractivity contribution in [3.63, 3.8) is 0 Å². The van der Waals surface area contributed by atoms with Crippen LogP contribution in [0.2, 0.25) is 0 Å². The van der Waals surface area contributed by atoms with Gasteiger partial charge in [-0.3, -0.25) is 9.36 Å². The van der Waals surface area contributed by atoms with Crippen LogP contribution in [0.3, 0.4) is 0 Å². The van der Waals surface area contributed by atoms with E-state index in [4.69, 9.17) is 4.74 Å². The zero-order chi connectivity index (χ0) is 18.5. The molecule has 0 aliphatic carbocycles. The van der Waals surface area contributed by atoms with Crippen LogP contribution < -0.4 is 10.1 Å². The summed E-state index contributed by atoms with van der Waals surface area (Å²) in [6.07, 6.45) is 0. The average Bonchev–Trinajstić information content (AvgIpc) is 3.01. The number of carbonyl (C=O) groups is 1. The molecular weight excluding hydrogens is 348 g/mol. The molecule has 0 spiro atoms. The van der Waals surface area contributed by atoms with Gasteiger partial charge in [-0.2, -0.15) is 0 Å². The molecule has 0 saturated heterocycles. The van der Waals surface area contributed by atoms with E-state index in [-0.39, 0.29) is 11.7 Å². The third-order valence-electron chi connectivity index (χ3n) is 3.77. The van der Waals surface area contributed by atoms with Gasteiger partial charge in [0.25, 0.3) is 0 Å². The van der Waals surface area contributed by atoms with Gasteiger partial charge in [-0.25, -0.2) is 0 Å². The smallest absolute Gasteiger partial charge is 0.234 e. The molecule has 26 heavy (non-hydrogen) atoms. The van der Waals surface area contributed by atoms with E-state index >= 15 is 0 Å². The number of rotatable bonds is 6. The topological polar surface area (TPSA) is 69.0 Å². The van der Waals surface area contributed by atoms with E-state index in [0.29, 0.717) is 16.6 Å². The second kappa shape index (κ2) is 8.05. The SMILES string of the molecule is COc1ccc(C)cc1NC(=O)CSc1nnc(C)n1-c1ccccc1. The molecule has 0 saturated carbocycles. The minimum atomic E-state index is -0.126. The lowest BCUT2D eigenvalue weighted by atomic mass is 10.2. The number of nitrogens with one attached hydrogen (secondary N) is 1. The number of thioether (sulfide) groups is 1. The molecule has 0 unspecified atom stereocenters. The van der Waals surface area contributed by atoms with E-state index in [0.717, 1.165) is 17.1 Å². The number of carbonyl (C=O) groups excluding carboxylic acids is 1. The van der Waals surface area contributed by atoms with Crippen molar-refractivity contribution in [3.05, 3.63) is 59.9 Å². The Bertz CT molecular complexity index is 909. The number of hydrogen-bond donors (Lipinski definition) is 1. The molecule has 1 aromatic heterocycles. The van der Waals surface area contributed by atoms with E-state index < -0.39 is 0 Å². The zero-order valence-corrected chi connectivity index (χ0v) is 15.7. The number of hydrogen-bond acceptors (Lipinski definition) is 5. The average molecular weight is 368 g/mol. The van der Waals surface area contributed by atoms with Crippen LogP contribution in [-0.2, 0) is 4.79 Å². The first-order valence-corrected chi connectivity index (χ1v) is 9.12. The van der Waals surface area contributed by atoms with Gasteiger partial charge in [0, 0.05) is 5.69 Å². The summed E-state index contributed by atoms with van der Waals surface area (Å²) in [6.45, 7) is 3.86. The van der Waals surface area contributed by atoms with Crippen LogP contribution in [0, 0.1) is 13.8 Å². The van der Waals surface area contributed by atoms with Gasteiger partial charge in [-0.15, -0.1) is 10.2 Å². The van der Waals surface area contributed by atoms with Gasteiger partial charge in [0.05, 0.1) is 18.6 Å². The minimum Gasteiger partial charge on any atom is -0.495 e. The van der Waals surface area contributed by atoms with Gasteiger partial charge >= 0.3 is 0 Å². The fourth-order valence-electron chi connectivity index (χ4n) is 2.55. The molecule has 0 bridgehead atoms. The van der Waals surface area contributed by atoms with Crippen molar-refractivity contribution >= 4 is 23.4 Å². The molecule has 0 atom stereocenters. The van der Waals surface area contributed by atoms with Gasteiger partial charge in [0.1, 0.15) is 11.6 Å². The standard InChI is InChI=1S/C19H20N4O2S/c1-13-9-10-17(25-3)16(11-13)20-18(24)12-26-19-22-21-14(2)23(19)15-7-5-4-6-8-15/h4-11H,12H2,1-3H3,(H,20,24). The fraction of sp³-hybridized carbons (Fsp3) is 0.211.